The standard InChI is InChI=1S/C10H17F/c1-4-8-5-9(11)6-10(8)7(2)3/h7,9H,4-6H2,1-3H3. The first kappa shape index (κ1) is 8.76. The van der Waals surface area contributed by atoms with Crippen LogP contribution in [0.25, 0.3) is 0 Å². The van der Waals surface area contributed by atoms with Gasteiger partial charge in [0.1, 0.15) is 6.17 Å². The molecular formula is C10H17F. The summed E-state index contributed by atoms with van der Waals surface area (Å²) in [7, 11) is 0. The smallest absolute Gasteiger partial charge is 0.108 e. The van der Waals surface area contributed by atoms with Crippen molar-refractivity contribution in [3.05, 3.63) is 11.1 Å². The number of allylic oxidation sites excluding steroid dienone is 2. The van der Waals surface area contributed by atoms with Crippen molar-refractivity contribution in [2.24, 2.45) is 5.92 Å². The largest absolute Gasteiger partial charge is 0.247 e. The molecule has 0 aromatic rings. The van der Waals surface area contributed by atoms with E-state index in [-0.39, 0.29) is 0 Å². The number of halogens is 1. The third-order valence-corrected chi connectivity index (χ3v) is 2.49. The van der Waals surface area contributed by atoms with Crippen molar-refractivity contribution >= 4 is 0 Å². The summed E-state index contributed by atoms with van der Waals surface area (Å²) in [5, 5.41) is 0. The van der Waals surface area contributed by atoms with Crippen molar-refractivity contribution in [1.29, 1.82) is 0 Å². The molecule has 1 aliphatic rings. The second kappa shape index (κ2) is 3.38. The van der Waals surface area contributed by atoms with Crippen molar-refractivity contribution in [2.45, 2.75) is 46.2 Å². The van der Waals surface area contributed by atoms with Gasteiger partial charge in [-0.15, -0.1) is 0 Å². The van der Waals surface area contributed by atoms with E-state index in [2.05, 4.69) is 20.8 Å². The normalized spacial score (nSPS) is 25.4. The van der Waals surface area contributed by atoms with E-state index in [4.69, 9.17) is 0 Å². The molecule has 0 aliphatic heterocycles. The van der Waals surface area contributed by atoms with Gasteiger partial charge in [0, 0.05) is 12.8 Å². The lowest BCUT2D eigenvalue weighted by Gasteiger charge is -2.08. The minimum absolute atomic E-state index is 0.547. The molecule has 0 aromatic carbocycles. The third kappa shape index (κ3) is 1.82. The lowest BCUT2D eigenvalue weighted by atomic mass is 9.98. The summed E-state index contributed by atoms with van der Waals surface area (Å²) in [4.78, 5) is 0. The minimum atomic E-state index is -0.581. The van der Waals surface area contributed by atoms with Crippen molar-refractivity contribution < 1.29 is 4.39 Å². The van der Waals surface area contributed by atoms with Crippen LogP contribution in [-0.4, -0.2) is 6.17 Å². The third-order valence-electron chi connectivity index (χ3n) is 2.49. The van der Waals surface area contributed by atoms with E-state index in [0.717, 1.165) is 6.42 Å². The Morgan fingerprint density at radius 1 is 1.45 bits per heavy atom. The summed E-state index contributed by atoms with van der Waals surface area (Å²) in [6.07, 6.45) is 1.85. The van der Waals surface area contributed by atoms with E-state index >= 15 is 0 Å². The van der Waals surface area contributed by atoms with E-state index < -0.39 is 6.17 Å². The molecule has 1 unspecified atom stereocenters. The van der Waals surface area contributed by atoms with Gasteiger partial charge in [-0.2, -0.15) is 0 Å². The number of rotatable bonds is 2. The lowest BCUT2D eigenvalue weighted by Crippen LogP contribution is -1.95. The van der Waals surface area contributed by atoms with Gasteiger partial charge in [0.05, 0.1) is 0 Å². The summed E-state index contributed by atoms with van der Waals surface area (Å²) in [6, 6.07) is 0. The molecule has 0 spiro atoms. The van der Waals surface area contributed by atoms with E-state index in [1.807, 2.05) is 0 Å². The number of hydrogen-bond donors (Lipinski definition) is 0. The zero-order valence-electron chi connectivity index (χ0n) is 7.65. The van der Waals surface area contributed by atoms with Crippen molar-refractivity contribution in [2.75, 3.05) is 0 Å². The second-order valence-corrected chi connectivity index (χ2v) is 3.64. The van der Waals surface area contributed by atoms with Crippen LogP contribution < -0.4 is 0 Å². The molecule has 0 radical (unpaired) electrons. The zero-order valence-corrected chi connectivity index (χ0v) is 7.65. The Morgan fingerprint density at radius 2 is 2.09 bits per heavy atom. The first-order valence-corrected chi connectivity index (χ1v) is 4.50. The van der Waals surface area contributed by atoms with Crippen LogP contribution in [-0.2, 0) is 0 Å². The summed E-state index contributed by atoms with van der Waals surface area (Å²) in [6.45, 7) is 6.43. The molecule has 64 valence electrons. The second-order valence-electron chi connectivity index (χ2n) is 3.64. The minimum Gasteiger partial charge on any atom is -0.247 e. The van der Waals surface area contributed by atoms with Gasteiger partial charge in [-0.1, -0.05) is 31.9 Å². The first-order valence-electron chi connectivity index (χ1n) is 4.50. The highest BCUT2D eigenvalue weighted by Gasteiger charge is 2.23. The van der Waals surface area contributed by atoms with Crippen LogP contribution in [0.15, 0.2) is 11.1 Å². The number of alkyl halides is 1. The van der Waals surface area contributed by atoms with E-state index in [9.17, 15) is 4.39 Å². The summed E-state index contributed by atoms with van der Waals surface area (Å²) in [5.74, 6) is 0.547. The molecule has 0 bridgehead atoms. The van der Waals surface area contributed by atoms with Gasteiger partial charge < -0.3 is 0 Å². The first-order chi connectivity index (χ1) is 5.15. The van der Waals surface area contributed by atoms with Gasteiger partial charge >= 0.3 is 0 Å². The van der Waals surface area contributed by atoms with Crippen molar-refractivity contribution in [1.82, 2.24) is 0 Å². The van der Waals surface area contributed by atoms with Gasteiger partial charge in [0.15, 0.2) is 0 Å². The molecule has 0 saturated carbocycles. The Kier molecular flexibility index (Phi) is 2.69. The van der Waals surface area contributed by atoms with Crippen LogP contribution in [0.4, 0.5) is 4.39 Å². The highest BCUT2D eigenvalue weighted by molar-refractivity contribution is 5.23. The molecule has 0 N–H and O–H groups in total. The molecule has 1 atom stereocenters. The molecule has 0 saturated heterocycles. The van der Waals surface area contributed by atoms with Gasteiger partial charge in [-0.05, 0) is 12.3 Å². The fourth-order valence-corrected chi connectivity index (χ4v) is 1.87. The molecule has 0 amide bonds. The predicted octanol–water partition coefficient (Wildman–Crippen LogP) is 3.48. The maximum Gasteiger partial charge on any atom is 0.108 e. The van der Waals surface area contributed by atoms with Crippen LogP contribution in [0.2, 0.25) is 0 Å². The topological polar surface area (TPSA) is 0 Å². The van der Waals surface area contributed by atoms with Crippen molar-refractivity contribution in [3.8, 4) is 0 Å². The molecule has 0 fully saturated rings. The van der Waals surface area contributed by atoms with Crippen LogP contribution in [0, 0.1) is 5.92 Å². The molecule has 1 aliphatic carbocycles. The molecule has 0 nitrogen and oxygen atoms in total. The maximum atomic E-state index is 12.9. The monoisotopic (exact) mass is 156 g/mol. The van der Waals surface area contributed by atoms with Gasteiger partial charge in [0.25, 0.3) is 0 Å². The van der Waals surface area contributed by atoms with Crippen LogP contribution in [0.1, 0.15) is 40.0 Å². The van der Waals surface area contributed by atoms with Crippen LogP contribution >= 0.6 is 0 Å². The zero-order chi connectivity index (χ0) is 8.43. The molecule has 11 heavy (non-hydrogen) atoms. The molecule has 0 heterocycles. The predicted molar refractivity (Wildman–Crippen MR) is 46.3 cm³/mol. The van der Waals surface area contributed by atoms with E-state index in [1.54, 1.807) is 0 Å². The molecule has 0 aromatic heterocycles. The number of hydrogen-bond acceptors (Lipinski definition) is 0. The van der Waals surface area contributed by atoms with E-state index in [0.29, 0.717) is 18.8 Å². The average molecular weight is 156 g/mol. The summed E-state index contributed by atoms with van der Waals surface area (Å²) < 4.78 is 12.9. The molecule has 1 rings (SSSR count). The highest BCUT2D eigenvalue weighted by Crippen LogP contribution is 2.34. The fourth-order valence-electron chi connectivity index (χ4n) is 1.87. The Hall–Kier alpha value is -0.330. The average Bonchev–Trinajstić information content (AvgIpc) is 2.30. The Labute approximate surface area is 68.5 Å². The Balaban J connectivity index is 2.71. The summed E-state index contributed by atoms with van der Waals surface area (Å²) in [5.41, 5.74) is 2.74. The molecular weight excluding hydrogens is 139 g/mol. The van der Waals surface area contributed by atoms with Crippen LogP contribution in [0.3, 0.4) is 0 Å². The SMILES string of the molecule is CCC1=C(C(C)C)CC(F)C1. The highest BCUT2D eigenvalue weighted by atomic mass is 19.1. The van der Waals surface area contributed by atoms with Crippen LogP contribution in [0.5, 0.6) is 0 Å². The van der Waals surface area contributed by atoms with Gasteiger partial charge in [-0.3, -0.25) is 0 Å². The summed E-state index contributed by atoms with van der Waals surface area (Å²) >= 11 is 0. The quantitative estimate of drug-likeness (QED) is 0.537. The Bertz CT molecular complexity index is 168. The van der Waals surface area contributed by atoms with Crippen molar-refractivity contribution in [3.63, 3.8) is 0 Å². The molecule has 1 heteroatoms. The maximum absolute atomic E-state index is 12.9. The van der Waals surface area contributed by atoms with E-state index in [1.165, 1.54) is 11.1 Å². The fraction of sp³-hybridized carbons (Fsp3) is 0.800. The Morgan fingerprint density at radius 3 is 2.45 bits per heavy atom. The van der Waals surface area contributed by atoms with Gasteiger partial charge in [0.2, 0.25) is 0 Å². The lowest BCUT2D eigenvalue weighted by molar-refractivity contribution is 0.342. The van der Waals surface area contributed by atoms with Gasteiger partial charge in [-0.25, -0.2) is 4.39 Å².